The Kier molecular flexibility index (Phi) is 9.31. The van der Waals surface area contributed by atoms with Gasteiger partial charge in [0.05, 0.1) is 13.2 Å². The molecular formula is C17H33Cl2N3O2. The molecule has 5 nitrogen and oxygen atoms in total. The van der Waals surface area contributed by atoms with Crippen LogP contribution in [0.15, 0.2) is 0 Å². The average molecular weight is 382 g/mol. The van der Waals surface area contributed by atoms with Crippen molar-refractivity contribution in [2.45, 2.75) is 56.5 Å². The highest BCUT2D eigenvalue weighted by Gasteiger charge is 2.42. The van der Waals surface area contributed by atoms with Gasteiger partial charge in [0, 0.05) is 44.2 Å². The quantitative estimate of drug-likeness (QED) is 0.809. The van der Waals surface area contributed by atoms with Crippen LogP contribution in [0.25, 0.3) is 0 Å². The van der Waals surface area contributed by atoms with Gasteiger partial charge in [-0.05, 0) is 32.7 Å². The number of morpholine rings is 1. The molecule has 2 saturated heterocycles. The van der Waals surface area contributed by atoms with E-state index in [0.29, 0.717) is 11.9 Å². The number of hydrogen-bond donors (Lipinski definition) is 1. The fraction of sp³-hybridized carbons (Fsp3) is 0.941. The molecule has 0 aromatic rings. The van der Waals surface area contributed by atoms with Crippen molar-refractivity contribution in [1.82, 2.24) is 15.1 Å². The Morgan fingerprint density at radius 2 is 1.67 bits per heavy atom. The van der Waals surface area contributed by atoms with E-state index in [1.165, 1.54) is 25.7 Å². The molecule has 7 heteroatoms. The Labute approximate surface area is 158 Å². The summed E-state index contributed by atoms with van der Waals surface area (Å²) in [5.41, 5.74) is 0.126. The van der Waals surface area contributed by atoms with E-state index in [0.717, 1.165) is 58.7 Å². The summed E-state index contributed by atoms with van der Waals surface area (Å²) in [7, 11) is 2.02. The van der Waals surface area contributed by atoms with Crippen LogP contribution in [0.5, 0.6) is 0 Å². The fourth-order valence-electron chi connectivity index (χ4n) is 4.49. The van der Waals surface area contributed by atoms with Crippen LogP contribution in [-0.4, -0.2) is 73.7 Å². The molecule has 1 saturated carbocycles. The molecular weight excluding hydrogens is 349 g/mol. The van der Waals surface area contributed by atoms with Crippen LogP contribution in [0.3, 0.4) is 0 Å². The maximum absolute atomic E-state index is 12.8. The van der Waals surface area contributed by atoms with E-state index >= 15 is 0 Å². The number of hydrogen-bond acceptors (Lipinski definition) is 4. The van der Waals surface area contributed by atoms with Crippen LogP contribution in [0.4, 0.5) is 0 Å². The van der Waals surface area contributed by atoms with Crippen molar-refractivity contribution in [1.29, 1.82) is 0 Å². The number of likely N-dealkylation sites (tertiary alicyclic amines) is 1. The Bertz CT molecular complexity index is 378. The molecule has 1 amide bonds. The third-order valence-electron chi connectivity index (χ3n) is 5.95. The lowest BCUT2D eigenvalue weighted by Gasteiger charge is -2.44. The number of carbonyl (C=O) groups excluding carboxylic acids is 1. The van der Waals surface area contributed by atoms with Crippen molar-refractivity contribution < 1.29 is 9.53 Å². The monoisotopic (exact) mass is 381 g/mol. The smallest absolute Gasteiger partial charge is 0.224 e. The molecule has 3 aliphatic rings. The van der Waals surface area contributed by atoms with Crippen molar-refractivity contribution in [3.8, 4) is 0 Å². The first-order valence-electron chi connectivity index (χ1n) is 9.01. The van der Waals surface area contributed by atoms with Crippen molar-refractivity contribution >= 4 is 30.7 Å². The van der Waals surface area contributed by atoms with E-state index < -0.39 is 0 Å². The van der Waals surface area contributed by atoms with E-state index in [-0.39, 0.29) is 30.4 Å². The average Bonchev–Trinajstić information content (AvgIpc) is 3.05. The number of carbonyl (C=O) groups is 1. The third-order valence-corrected chi connectivity index (χ3v) is 5.95. The van der Waals surface area contributed by atoms with Crippen LogP contribution < -0.4 is 5.32 Å². The van der Waals surface area contributed by atoms with Crippen LogP contribution in [0.2, 0.25) is 0 Å². The van der Waals surface area contributed by atoms with Gasteiger partial charge in [-0.2, -0.15) is 0 Å². The first-order chi connectivity index (χ1) is 10.7. The zero-order valence-corrected chi connectivity index (χ0v) is 16.4. The second kappa shape index (κ2) is 10.2. The summed E-state index contributed by atoms with van der Waals surface area (Å²) in [5.74, 6) is 0.378. The van der Waals surface area contributed by atoms with E-state index in [2.05, 4.69) is 15.1 Å². The van der Waals surface area contributed by atoms with Gasteiger partial charge in [0.2, 0.25) is 5.91 Å². The Morgan fingerprint density at radius 1 is 1.08 bits per heavy atom. The van der Waals surface area contributed by atoms with Gasteiger partial charge in [-0.1, -0.05) is 12.8 Å². The molecule has 0 bridgehead atoms. The summed E-state index contributed by atoms with van der Waals surface area (Å²) in [6.45, 7) is 5.48. The Morgan fingerprint density at radius 3 is 2.21 bits per heavy atom. The molecule has 2 aliphatic heterocycles. The molecule has 3 rings (SSSR count). The van der Waals surface area contributed by atoms with E-state index in [1.807, 2.05) is 7.05 Å². The van der Waals surface area contributed by atoms with Gasteiger partial charge < -0.3 is 15.0 Å². The van der Waals surface area contributed by atoms with E-state index in [1.54, 1.807) is 0 Å². The second-order valence-electron chi connectivity index (χ2n) is 7.15. The van der Waals surface area contributed by atoms with Gasteiger partial charge in [0.1, 0.15) is 0 Å². The minimum absolute atomic E-state index is 0. The zero-order valence-electron chi connectivity index (χ0n) is 14.8. The predicted octanol–water partition coefficient (Wildman–Crippen LogP) is 2.08. The van der Waals surface area contributed by atoms with Crippen molar-refractivity contribution in [2.24, 2.45) is 0 Å². The summed E-state index contributed by atoms with van der Waals surface area (Å²) >= 11 is 0. The first kappa shape index (κ1) is 22.0. The summed E-state index contributed by atoms with van der Waals surface area (Å²) in [4.78, 5) is 17.5. The lowest BCUT2D eigenvalue weighted by molar-refractivity contribution is -0.136. The lowest BCUT2D eigenvalue weighted by Crippen LogP contribution is -2.55. The molecule has 0 atom stereocenters. The summed E-state index contributed by atoms with van der Waals surface area (Å²) in [6.07, 6.45) is 7.81. The van der Waals surface area contributed by atoms with Crippen LogP contribution in [-0.2, 0) is 9.53 Å². The molecule has 0 radical (unpaired) electrons. The molecule has 2 heterocycles. The van der Waals surface area contributed by atoms with Crippen molar-refractivity contribution in [2.75, 3.05) is 46.4 Å². The largest absolute Gasteiger partial charge is 0.379 e. The Hall–Kier alpha value is -0.0700. The van der Waals surface area contributed by atoms with Gasteiger partial charge in [0.25, 0.3) is 0 Å². The molecule has 0 aromatic heterocycles. The normalized spacial score (nSPS) is 25.0. The van der Waals surface area contributed by atoms with Crippen LogP contribution in [0, 0.1) is 0 Å². The molecule has 1 N–H and O–H groups in total. The molecule has 0 spiro atoms. The standard InChI is InChI=1S/C17H31N3O2.2ClH/c1-18-15-4-8-19(9-5-15)16(21)14-17(6-2-3-7-17)20-10-12-22-13-11-20;;/h15,18H,2-14H2,1H3;2*1H. The number of piperidine rings is 1. The van der Waals surface area contributed by atoms with Gasteiger partial charge in [-0.25, -0.2) is 0 Å². The molecule has 24 heavy (non-hydrogen) atoms. The minimum atomic E-state index is 0. The molecule has 0 unspecified atom stereocenters. The van der Waals surface area contributed by atoms with Crippen LogP contribution in [0.1, 0.15) is 44.9 Å². The number of nitrogens with zero attached hydrogens (tertiary/aromatic N) is 2. The van der Waals surface area contributed by atoms with Gasteiger partial charge in [-0.15, -0.1) is 24.8 Å². The zero-order chi connectivity index (χ0) is 15.4. The third kappa shape index (κ3) is 4.98. The van der Waals surface area contributed by atoms with E-state index in [9.17, 15) is 4.79 Å². The van der Waals surface area contributed by atoms with Crippen molar-refractivity contribution in [3.63, 3.8) is 0 Å². The maximum Gasteiger partial charge on any atom is 0.224 e. The SMILES string of the molecule is CNC1CCN(C(=O)CC2(N3CCOCC3)CCCC2)CC1.Cl.Cl. The molecule has 3 fully saturated rings. The fourth-order valence-corrected chi connectivity index (χ4v) is 4.49. The predicted molar refractivity (Wildman–Crippen MR) is 101 cm³/mol. The topological polar surface area (TPSA) is 44.8 Å². The van der Waals surface area contributed by atoms with Gasteiger partial charge >= 0.3 is 0 Å². The van der Waals surface area contributed by atoms with Crippen molar-refractivity contribution in [3.05, 3.63) is 0 Å². The minimum Gasteiger partial charge on any atom is -0.379 e. The second-order valence-corrected chi connectivity index (χ2v) is 7.15. The molecule has 142 valence electrons. The van der Waals surface area contributed by atoms with Gasteiger partial charge in [0.15, 0.2) is 0 Å². The van der Waals surface area contributed by atoms with E-state index in [4.69, 9.17) is 4.74 Å². The molecule has 1 aliphatic carbocycles. The first-order valence-corrected chi connectivity index (χ1v) is 9.01. The Balaban J connectivity index is 0.00000144. The maximum atomic E-state index is 12.8. The summed E-state index contributed by atoms with van der Waals surface area (Å²) in [6, 6.07) is 0.587. The number of rotatable bonds is 4. The summed E-state index contributed by atoms with van der Waals surface area (Å²) < 4.78 is 5.51. The summed E-state index contributed by atoms with van der Waals surface area (Å²) in [5, 5.41) is 3.34. The highest BCUT2D eigenvalue weighted by Crippen LogP contribution is 2.39. The number of ether oxygens (including phenoxy) is 1. The van der Waals surface area contributed by atoms with Gasteiger partial charge in [-0.3, -0.25) is 9.69 Å². The highest BCUT2D eigenvalue weighted by atomic mass is 35.5. The lowest BCUT2D eigenvalue weighted by atomic mass is 9.89. The molecule has 0 aromatic carbocycles. The number of halogens is 2. The number of nitrogens with one attached hydrogen (secondary N) is 1. The van der Waals surface area contributed by atoms with Crippen LogP contribution >= 0.6 is 24.8 Å². The number of amides is 1. The highest BCUT2D eigenvalue weighted by molar-refractivity contribution is 5.85.